The Labute approximate surface area is 122 Å². The molecule has 0 aliphatic rings. The molecule has 1 atom stereocenters. The largest absolute Gasteiger partial charge is 0.497 e. The predicted molar refractivity (Wildman–Crippen MR) is 84.0 cm³/mol. The van der Waals surface area contributed by atoms with Gasteiger partial charge in [-0.2, -0.15) is 0 Å². The zero-order valence-corrected chi connectivity index (χ0v) is 12.7. The SMILES string of the molecule is C=CCCC(O)CN(CCC)Cc1ccc(OC)cc1. The van der Waals surface area contributed by atoms with Gasteiger partial charge in [0.2, 0.25) is 0 Å². The van der Waals surface area contributed by atoms with Crippen LogP contribution in [0.4, 0.5) is 0 Å². The average molecular weight is 277 g/mol. The van der Waals surface area contributed by atoms with Gasteiger partial charge in [-0.3, -0.25) is 4.90 Å². The Morgan fingerprint density at radius 1 is 1.35 bits per heavy atom. The lowest BCUT2D eigenvalue weighted by Crippen LogP contribution is -2.32. The molecule has 0 radical (unpaired) electrons. The molecule has 0 aliphatic carbocycles. The minimum Gasteiger partial charge on any atom is -0.497 e. The molecule has 0 saturated heterocycles. The van der Waals surface area contributed by atoms with E-state index in [9.17, 15) is 5.11 Å². The van der Waals surface area contributed by atoms with Crippen LogP contribution in [-0.2, 0) is 6.54 Å². The van der Waals surface area contributed by atoms with Gasteiger partial charge < -0.3 is 9.84 Å². The van der Waals surface area contributed by atoms with Gasteiger partial charge in [0.15, 0.2) is 0 Å². The molecule has 0 bridgehead atoms. The first-order valence-corrected chi connectivity index (χ1v) is 7.33. The Hall–Kier alpha value is -1.32. The third kappa shape index (κ3) is 6.22. The number of ether oxygens (including phenoxy) is 1. The van der Waals surface area contributed by atoms with Crippen molar-refractivity contribution in [2.75, 3.05) is 20.2 Å². The fraction of sp³-hybridized carbons (Fsp3) is 0.529. The van der Waals surface area contributed by atoms with Gasteiger partial charge in [-0.1, -0.05) is 25.1 Å². The minimum absolute atomic E-state index is 0.280. The van der Waals surface area contributed by atoms with Crippen molar-refractivity contribution >= 4 is 0 Å². The molecule has 3 heteroatoms. The molecule has 1 unspecified atom stereocenters. The first kappa shape index (κ1) is 16.7. The lowest BCUT2D eigenvalue weighted by molar-refractivity contribution is 0.102. The van der Waals surface area contributed by atoms with Gasteiger partial charge in [0, 0.05) is 13.1 Å². The molecular weight excluding hydrogens is 250 g/mol. The average Bonchev–Trinajstić information content (AvgIpc) is 2.46. The maximum absolute atomic E-state index is 10.0. The summed E-state index contributed by atoms with van der Waals surface area (Å²) in [5, 5.41) is 10.0. The van der Waals surface area contributed by atoms with Crippen LogP contribution in [0.25, 0.3) is 0 Å². The maximum atomic E-state index is 10.0. The zero-order chi connectivity index (χ0) is 14.8. The van der Waals surface area contributed by atoms with Gasteiger partial charge in [-0.15, -0.1) is 6.58 Å². The summed E-state index contributed by atoms with van der Waals surface area (Å²) < 4.78 is 5.17. The lowest BCUT2D eigenvalue weighted by Gasteiger charge is -2.24. The van der Waals surface area contributed by atoms with Crippen LogP contribution in [0.1, 0.15) is 31.7 Å². The molecule has 1 aromatic rings. The summed E-state index contributed by atoms with van der Waals surface area (Å²) in [5.41, 5.74) is 1.25. The molecule has 112 valence electrons. The van der Waals surface area contributed by atoms with Gasteiger partial charge >= 0.3 is 0 Å². The highest BCUT2D eigenvalue weighted by Gasteiger charge is 2.11. The summed E-state index contributed by atoms with van der Waals surface area (Å²) in [4.78, 5) is 2.30. The van der Waals surface area contributed by atoms with E-state index in [0.29, 0.717) is 6.54 Å². The number of aliphatic hydroxyl groups excluding tert-OH is 1. The second-order valence-corrected chi connectivity index (χ2v) is 5.10. The summed E-state index contributed by atoms with van der Waals surface area (Å²) in [6.45, 7) is 8.44. The molecule has 1 rings (SSSR count). The third-order valence-electron chi connectivity index (χ3n) is 3.28. The Balaban J connectivity index is 2.53. The molecule has 0 saturated carbocycles. The Morgan fingerprint density at radius 2 is 2.05 bits per heavy atom. The normalized spacial score (nSPS) is 12.4. The van der Waals surface area contributed by atoms with Crippen LogP contribution in [0.15, 0.2) is 36.9 Å². The first-order valence-electron chi connectivity index (χ1n) is 7.33. The molecule has 0 aromatic heterocycles. The summed E-state index contributed by atoms with van der Waals surface area (Å²) in [6.07, 6.45) is 4.31. The second-order valence-electron chi connectivity index (χ2n) is 5.10. The van der Waals surface area contributed by atoms with Crippen LogP contribution >= 0.6 is 0 Å². The van der Waals surface area contributed by atoms with E-state index < -0.39 is 0 Å². The second kappa shape index (κ2) is 9.56. The Kier molecular flexibility index (Phi) is 8.00. The van der Waals surface area contributed by atoms with Crippen LogP contribution in [0.2, 0.25) is 0 Å². The fourth-order valence-corrected chi connectivity index (χ4v) is 2.24. The molecule has 0 fully saturated rings. The van der Waals surface area contributed by atoms with Crippen molar-refractivity contribution in [1.82, 2.24) is 4.90 Å². The van der Waals surface area contributed by atoms with E-state index in [0.717, 1.165) is 38.1 Å². The zero-order valence-electron chi connectivity index (χ0n) is 12.7. The van der Waals surface area contributed by atoms with Crippen molar-refractivity contribution in [3.05, 3.63) is 42.5 Å². The van der Waals surface area contributed by atoms with E-state index in [1.54, 1.807) is 7.11 Å². The fourth-order valence-electron chi connectivity index (χ4n) is 2.24. The van der Waals surface area contributed by atoms with E-state index >= 15 is 0 Å². The van der Waals surface area contributed by atoms with E-state index in [1.165, 1.54) is 5.56 Å². The first-order chi connectivity index (χ1) is 9.69. The molecule has 0 spiro atoms. The van der Waals surface area contributed by atoms with Gasteiger partial charge in [-0.05, 0) is 43.5 Å². The van der Waals surface area contributed by atoms with Gasteiger partial charge in [0.1, 0.15) is 5.75 Å². The third-order valence-corrected chi connectivity index (χ3v) is 3.28. The van der Waals surface area contributed by atoms with Crippen LogP contribution in [0.5, 0.6) is 5.75 Å². The summed E-state index contributed by atoms with van der Waals surface area (Å²) in [6, 6.07) is 8.12. The van der Waals surface area contributed by atoms with Gasteiger partial charge in [0.25, 0.3) is 0 Å². The van der Waals surface area contributed by atoms with Gasteiger partial charge in [-0.25, -0.2) is 0 Å². The Morgan fingerprint density at radius 3 is 2.60 bits per heavy atom. The Bertz CT molecular complexity index is 375. The molecule has 1 aromatic carbocycles. The molecule has 0 aliphatic heterocycles. The molecule has 1 N–H and O–H groups in total. The summed E-state index contributed by atoms with van der Waals surface area (Å²) in [7, 11) is 1.67. The van der Waals surface area contributed by atoms with E-state index in [2.05, 4.69) is 30.5 Å². The van der Waals surface area contributed by atoms with Crippen LogP contribution in [0.3, 0.4) is 0 Å². The van der Waals surface area contributed by atoms with Crippen molar-refractivity contribution in [2.24, 2.45) is 0 Å². The van der Waals surface area contributed by atoms with Crippen molar-refractivity contribution in [3.63, 3.8) is 0 Å². The minimum atomic E-state index is -0.280. The molecule has 20 heavy (non-hydrogen) atoms. The number of methoxy groups -OCH3 is 1. The molecule has 3 nitrogen and oxygen atoms in total. The highest BCUT2D eigenvalue weighted by atomic mass is 16.5. The summed E-state index contributed by atoms with van der Waals surface area (Å²) >= 11 is 0. The monoisotopic (exact) mass is 277 g/mol. The van der Waals surface area contributed by atoms with E-state index in [4.69, 9.17) is 4.74 Å². The highest BCUT2D eigenvalue weighted by Crippen LogP contribution is 2.14. The van der Waals surface area contributed by atoms with Crippen LogP contribution in [0, 0.1) is 0 Å². The quantitative estimate of drug-likeness (QED) is 0.666. The molecule has 0 heterocycles. The number of aliphatic hydroxyl groups is 1. The smallest absolute Gasteiger partial charge is 0.118 e. The van der Waals surface area contributed by atoms with Crippen molar-refractivity contribution < 1.29 is 9.84 Å². The van der Waals surface area contributed by atoms with Crippen LogP contribution in [-0.4, -0.2) is 36.3 Å². The standard InChI is InChI=1S/C17H27NO2/c1-4-6-7-16(19)14-18(12-5-2)13-15-8-10-17(20-3)11-9-15/h4,8-11,16,19H,1,5-7,12-14H2,2-3H3. The molecular formula is C17H27NO2. The number of hydrogen-bond acceptors (Lipinski definition) is 3. The van der Waals surface area contributed by atoms with Crippen LogP contribution < -0.4 is 4.74 Å². The van der Waals surface area contributed by atoms with E-state index in [-0.39, 0.29) is 6.10 Å². The number of hydrogen-bond donors (Lipinski definition) is 1. The lowest BCUT2D eigenvalue weighted by atomic mass is 10.1. The van der Waals surface area contributed by atoms with Gasteiger partial charge in [0.05, 0.1) is 13.2 Å². The van der Waals surface area contributed by atoms with Crippen molar-refractivity contribution in [3.8, 4) is 5.75 Å². The summed E-state index contributed by atoms with van der Waals surface area (Å²) in [5.74, 6) is 0.877. The number of benzene rings is 1. The topological polar surface area (TPSA) is 32.7 Å². The number of rotatable bonds is 10. The van der Waals surface area contributed by atoms with Crippen molar-refractivity contribution in [1.29, 1.82) is 0 Å². The highest BCUT2D eigenvalue weighted by molar-refractivity contribution is 5.27. The van der Waals surface area contributed by atoms with Crippen molar-refractivity contribution in [2.45, 2.75) is 38.8 Å². The molecule has 0 amide bonds. The maximum Gasteiger partial charge on any atom is 0.118 e. The predicted octanol–water partition coefficient (Wildman–Crippen LogP) is 3.23. The number of nitrogens with zero attached hydrogens (tertiary/aromatic N) is 1. The number of allylic oxidation sites excluding steroid dienone is 1. The van der Waals surface area contributed by atoms with E-state index in [1.807, 2.05) is 18.2 Å².